The van der Waals surface area contributed by atoms with Crippen LogP contribution in [0.4, 0.5) is 0 Å². The highest BCUT2D eigenvalue weighted by molar-refractivity contribution is 5.92. The van der Waals surface area contributed by atoms with Crippen molar-refractivity contribution in [2.75, 3.05) is 0 Å². The molecule has 1 amide bonds. The van der Waals surface area contributed by atoms with E-state index < -0.39 is 12.0 Å². The summed E-state index contributed by atoms with van der Waals surface area (Å²) in [7, 11) is 0. The molecular weight excluding hydrogens is 244 g/mol. The topological polar surface area (TPSA) is 94.0 Å². The molecule has 0 aliphatic heterocycles. The zero-order valence-corrected chi connectivity index (χ0v) is 10.7. The minimum absolute atomic E-state index is 0.456. The van der Waals surface area contributed by atoms with Gasteiger partial charge in [0.15, 0.2) is 0 Å². The van der Waals surface area contributed by atoms with Crippen LogP contribution >= 0.6 is 0 Å². The quantitative estimate of drug-likeness (QED) is 0.834. The number of benzene rings is 1. The van der Waals surface area contributed by atoms with E-state index >= 15 is 0 Å². The summed E-state index contributed by atoms with van der Waals surface area (Å²) in [4.78, 5) is 11.1. The van der Waals surface area contributed by atoms with Crippen molar-refractivity contribution in [3.8, 4) is 0 Å². The maximum atomic E-state index is 11.1. The third kappa shape index (κ3) is 3.17. The van der Waals surface area contributed by atoms with Crippen LogP contribution in [0.15, 0.2) is 30.5 Å². The molecule has 1 aromatic heterocycles. The minimum Gasteiger partial charge on any atom is -0.387 e. The second-order valence-corrected chi connectivity index (χ2v) is 4.33. The summed E-state index contributed by atoms with van der Waals surface area (Å²) in [6, 6.07) is 7.04. The molecule has 0 aliphatic rings. The Hall–Kier alpha value is -2.21. The van der Waals surface area contributed by atoms with Crippen LogP contribution in [-0.4, -0.2) is 26.0 Å². The molecule has 1 aromatic carbocycles. The number of hydrogen-bond acceptors (Lipinski definition) is 4. The number of rotatable bonds is 5. The Morgan fingerprint density at radius 3 is 3.00 bits per heavy atom. The Kier molecular flexibility index (Phi) is 3.91. The van der Waals surface area contributed by atoms with Gasteiger partial charge in [0.1, 0.15) is 5.69 Å². The van der Waals surface area contributed by atoms with Crippen LogP contribution in [-0.2, 0) is 6.54 Å². The average Bonchev–Trinajstić information content (AvgIpc) is 2.86. The molecule has 2 rings (SSSR count). The van der Waals surface area contributed by atoms with Gasteiger partial charge in [0, 0.05) is 5.56 Å². The maximum absolute atomic E-state index is 11.1. The molecule has 2 aromatic rings. The van der Waals surface area contributed by atoms with Gasteiger partial charge in [0.2, 0.25) is 5.91 Å². The molecule has 19 heavy (non-hydrogen) atoms. The standard InChI is InChI=1S/C13H16N4O2/c1-2-12(18)11-8-17(16-15-11)7-9-4-3-5-10(6-9)13(14)19/h3-6,8,12,18H,2,7H2,1H3,(H2,14,19). The monoisotopic (exact) mass is 260 g/mol. The Labute approximate surface area is 110 Å². The van der Waals surface area contributed by atoms with Gasteiger partial charge in [-0.2, -0.15) is 0 Å². The number of amides is 1. The van der Waals surface area contributed by atoms with E-state index in [1.165, 1.54) is 0 Å². The van der Waals surface area contributed by atoms with E-state index in [0.29, 0.717) is 24.2 Å². The van der Waals surface area contributed by atoms with Gasteiger partial charge in [-0.1, -0.05) is 24.3 Å². The van der Waals surface area contributed by atoms with Crippen LogP contribution in [0.25, 0.3) is 0 Å². The summed E-state index contributed by atoms with van der Waals surface area (Å²) in [5, 5.41) is 17.5. The first-order valence-electron chi connectivity index (χ1n) is 6.07. The predicted octanol–water partition coefficient (Wildman–Crippen LogP) is 0.869. The molecule has 6 nitrogen and oxygen atoms in total. The van der Waals surface area contributed by atoms with E-state index in [1.807, 2.05) is 13.0 Å². The number of hydrogen-bond donors (Lipinski definition) is 2. The highest BCUT2D eigenvalue weighted by Gasteiger charge is 2.10. The van der Waals surface area contributed by atoms with Crippen molar-refractivity contribution in [2.45, 2.75) is 26.0 Å². The third-order valence-electron chi connectivity index (χ3n) is 2.84. The molecule has 100 valence electrons. The van der Waals surface area contributed by atoms with Gasteiger partial charge in [-0.05, 0) is 24.1 Å². The molecule has 1 unspecified atom stereocenters. The number of nitrogens with two attached hydrogens (primary N) is 1. The van der Waals surface area contributed by atoms with Crippen molar-refractivity contribution >= 4 is 5.91 Å². The lowest BCUT2D eigenvalue weighted by molar-refractivity contribution is 0.1000. The first kappa shape index (κ1) is 13.2. The first-order chi connectivity index (χ1) is 9.10. The van der Waals surface area contributed by atoms with Gasteiger partial charge >= 0.3 is 0 Å². The van der Waals surface area contributed by atoms with E-state index in [9.17, 15) is 9.90 Å². The Morgan fingerprint density at radius 2 is 2.32 bits per heavy atom. The van der Waals surface area contributed by atoms with E-state index in [-0.39, 0.29) is 0 Å². The van der Waals surface area contributed by atoms with Gasteiger partial charge in [-0.3, -0.25) is 4.79 Å². The number of primary amides is 1. The largest absolute Gasteiger partial charge is 0.387 e. The molecule has 1 atom stereocenters. The van der Waals surface area contributed by atoms with Crippen molar-refractivity contribution in [2.24, 2.45) is 5.73 Å². The Morgan fingerprint density at radius 1 is 1.53 bits per heavy atom. The Balaban J connectivity index is 2.15. The van der Waals surface area contributed by atoms with Crippen molar-refractivity contribution in [1.29, 1.82) is 0 Å². The molecule has 0 spiro atoms. The molecule has 0 fully saturated rings. The smallest absolute Gasteiger partial charge is 0.248 e. The molecule has 0 aliphatic carbocycles. The number of aromatic nitrogens is 3. The van der Waals surface area contributed by atoms with Crippen LogP contribution in [0, 0.1) is 0 Å². The molecule has 1 heterocycles. The van der Waals surface area contributed by atoms with Crippen molar-refractivity contribution < 1.29 is 9.90 Å². The zero-order valence-electron chi connectivity index (χ0n) is 10.7. The lowest BCUT2D eigenvalue weighted by Gasteiger charge is -2.03. The molecule has 0 radical (unpaired) electrons. The van der Waals surface area contributed by atoms with Crippen LogP contribution < -0.4 is 5.73 Å². The fraction of sp³-hybridized carbons (Fsp3) is 0.308. The summed E-state index contributed by atoms with van der Waals surface area (Å²) in [5.74, 6) is -0.456. The summed E-state index contributed by atoms with van der Waals surface area (Å²) < 4.78 is 1.62. The number of carbonyl (C=O) groups is 1. The van der Waals surface area contributed by atoms with Crippen LogP contribution in [0.3, 0.4) is 0 Å². The van der Waals surface area contributed by atoms with Gasteiger partial charge in [-0.15, -0.1) is 5.10 Å². The second-order valence-electron chi connectivity index (χ2n) is 4.33. The van der Waals surface area contributed by atoms with Gasteiger partial charge in [0.05, 0.1) is 18.8 Å². The zero-order chi connectivity index (χ0) is 13.8. The normalized spacial score (nSPS) is 12.3. The molecule has 6 heteroatoms. The van der Waals surface area contributed by atoms with E-state index in [1.54, 1.807) is 29.1 Å². The molecular formula is C13H16N4O2. The lowest BCUT2D eigenvalue weighted by Crippen LogP contribution is -2.11. The van der Waals surface area contributed by atoms with E-state index in [2.05, 4.69) is 10.3 Å². The molecule has 0 bridgehead atoms. The van der Waals surface area contributed by atoms with Gasteiger partial charge in [0.25, 0.3) is 0 Å². The number of carbonyl (C=O) groups excluding carboxylic acids is 1. The average molecular weight is 260 g/mol. The third-order valence-corrected chi connectivity index (χ3v) is 2.84. The number of aliphatic hydroxyl groups excluding tert-OH is 1. The predicted molar refractivity (Wildman–Crippen MR) is 69.3 cm³/mol. The fourth-order valence-corrected chi connectivity index (χ4v) is 1.76. The summed E-state index contributed by atoms with van der Waals surface area (Å²) in [5.41, 5.74) is 7.15. The van der Waals surface area contributed by atoms with Crippen LogP contribution in [0.1, 0.15) is 41.1 Å². The van der Waals surface area contributed by atoms with Crippen molar-refractivity contribution in [1.82, 2.24) is 15.0 Å². The van der Waals surface area contributed by atoms with Gasteiger partial charge < -0.3 is 10.8 Å². The van der Waals surface area contributed by atoms with E-state index in [4.69, 9.17) is 5.73 Å². The number of nitrogens with zero attached hydrogens (tertiary/aromatic N) is 3. The summed E-state index contributed by atoms with van der Waals surface area (Å²) >= 11 is 0. The van der Waals surface area contributed by atoms with Crippen molar-refractivity contribution in [3.63, 3.8) is 0 Å². The summed E-state index contributed by atoms with van der Waals surface area (Å²) in [6.45, 7) is 2.35. The highest BCUT2D eigenvalue weighted by atomic mass is 16.3. The van der Waals surface area contributed by atoms with Crippen LogP contribution in [0.5, 0.6) is 0 Å². The SMILES string of the molecule is CCC(O)c1cn(Cc2cccc(C(N)=O)c2)nn1. The lowest BCUT2D eigenvalue weighted by atomic mass is 10.1. The summed E-state index contributed by atoms with van der Waals surface area (Å²) in [6.07, 6.45) is 1.70. The maximum Gasteiger partial charge on any atom is 0.248 e. The van der Waals surface area contributed by atoms with Gasteiger partial charge in [-0.25, -0.2) is 4.68 Å². The highest BCUT2D eigenvalue weighted by Crippen LogP contribution is 2.13. The fourth-order valence-electron chi connectivity index (χ4n) is 1.76. The Bertz CT molecular complexity index is 580. The second kappa shape index (κ2) is 5.62. The molecule has 0 saturated heterocycles. The van der Waals surface area contributed by atoms with Crippen molar-refractivity contribution in [3.05, 3.63) is 47.3 Å². The molecule has 0 saturated carbocycles. The van der Waals surface area contributed by atoms with Crippen LogP contribution in [0.2, 0.25) is 0 Å². The number of aliphatic hydroxyl groups is 1. The van der Waals surface area contributed by atoms with E-state index in [0.717, 1.165) is 5.56 Å². The first-order valence-corrected chi connectivity index (χ1v) is 6.07. The molecule has 3 N–H and O–H groups in total. The minimum atomic E-state index is -0.592.